The Morgan fingerprint density at radius 3 is 2.68 bits per heavy atom. The Balaban J connectivity index is 1.98. The van der Waals surface area contributed by atoms with E-state index in [9.17, 15) is 8.42 Å². The van der Waals surface area contributed by atoms with E-state index in [0.29, 0.717) is 17.1 Å². The van der Waals surface area contributed by atoms with Crippen molar-refractivity contribution in [2.75, 3.05) is 19.6 Å². The molecule has 0 saturated carbocycles. The van der Waals surface area contributed by atoms with Gasteiger partial charge in [0.2, 0.25) is 10.0 Å². The van der Waals surface area contributed by atoms with Gasteiger partial charge in [0.15, 0.2) is 0 Å². The van der Waals surface area contributed by atoms with Crippen LogP contribution in [0.4, 0.5) is 0 Å². The van der Waals surface area contributed by atoms with Crippen LogP contribution in [0.5, 0.6) is 0 Å². The minimum absolute atomic E-state index is 0.229. The van der Waals surface area contributed by atoms with Crippen molar-refractivity contribution in [3.05, 3.63) is 11.9 Å². The molecule has 0 unspecified atom stereocenters. The highest BCUT2D eigenvalue weighted by Crippen LogP contribution is 2.15. The molecule has 1 aliphatic heterocycles. The van der Waals surface area contributed by atoms with Crippen molar-refractivity contribution >= 4 is 10.0 Å². The Bertz CT molecular complexity index is 576. The normalized spacial score (nSPS) is 18.0. The minimum atomic E-state index is -3.48. The van der Waals surface area contributed by atoms with Crippen molar-refractivity contribution in [2.45, 2.75) is 63.9 Å². The van der Waals surface area contributed by atoms with Gasteiger partial charge in [0.1, 0.15) is 4.90 Å². The van der Waals surface area contributed by atoms with Crippen LogP contribution in [-0.4, -0.2) is 48.8 Å². The summed E-state index contributed by atoms with van der Waals surface area (Å²) in [6.45, 7) is 9.27. The quantitative estimate of drug-likeness (QED) is 0.789. The maximum absolute atomic E-state index is 12.5. The molecule has 7 heteroatoms. The fourth-order valence-electron chi connectivity index (χ4n) is 2.82. The molecule has 2 heterocycles. The van der Waals surface area contributed by atoms with Gasteiger partial charge in [0.05, 0.1) is 5.69 Å². The average Bonchev–Trinajstić information content (AvgIpc) is 3.12. The van der Waals surface area contributed by atoms with E-state index in [4.69, 9.17) is 0 Å². The molecule has 0 aromatic carbocycles. The van der Waals surface area contributed by atoms with Gasteiger partial charge in [-0.3, -0.25) is 9.58 Å². The highest BCUT2D eigenvalue weighted by molar-refractivity contribution is 7.89. The lowest BCUT2D eigenvalue weighted by atomic mass is 10.3. The van der Waals surface area contributed by atoms with E-state index in [-0.39, 0.29) is 6.04 Å². The summed E-state index contributed by atoms with van der Waals surface area (Å²) in [6, 6.07) is 0.229. The first kappa shape index (κ1) is 17.4. The summed E-state index contributed by atoms with van der Waals surface area (Å²) >= 11 is 0. The van der Waals surface area contributed by atoms with Crippen LogP contribution in [0.15, 0.2) is 11.1 Å². The van der Waals surface area contributed by atoms with Gasteiger partial charge in [0, 0.05) is 25.3 Å². The van der Waals surface area contributed by atoms with Gasteiger partial charge in [-0.2, -0.15) is 5.10 Å². The topological polar surface area (TPSA) is 67.2 Å². The second-order valence-corrected chi connectivity index (χ2v) is 7.87. The first-order valence-electron chi connectivity index (χ1n) is 8.22. The zero-order valence-corrected chi connectivity index (χ0v) is 14.7. The van der Waals surface area contributed by atoms with Crippen LogP contribution in [0.2, 0.25) is 0 Å². The average molecular weight is 328 g/mol. The summed E-state index contributed by atoms with van der Waals surface area (Å²) in [5.74, 6) is 0. The van der Waals surface area contributed by atoms with Gasteiger partial charge in [-0.05, 0) is 46.2 Å². The number of aryl methyl sites for hydroxylation is 2. The van der Waals surface area contributed by atoms with Crippen LogP contribution in [-0.2, 0) is 16.6 Å². The second kappa shape index (κ2) is 7.57. The van der Waals surface area contributed by atoms with Crippen LogP contribution < -0.4 is 4.72 Å². The molecule has 0 spiro atoms. The number of aromatic nitrogens is 2. The van der Waals surface area contributed by atoms with Gasteiger partial charge in [-0.25, -0.2) is 13.1 Å². The van der Waals surface area contributed by atoms with Crippen molar-refractivity contribution in [3.63, 3.8) is 0 Å². The maximum atomic E-state index is 12.5. The number of rotatable bonds is 8. The maximum Gasteiger partial charge on any atom is 0.244 e. The van der Waals surface area contributed by atoms with E-state index in [0.717, 1.165) is 32.5 Å². The monoisotopic (exact) mass is 328 g/mol. The largest absolute Gasteiger partial charge is 0.299 e. The Morgan fingerprint density at radius 1 is 1.36 bits per heavy atom. The van der Waals surface area contributed by atoms with Crippen molar-refractivity contribution < 1.29 is 8.42 Å². The number of sulfonamides is 1. The number of nitrogens with zero attached hydrogens (tertiary/aromatic N) is 3. The smallest absolute Gasteiger partial charge is 0.244 e. The molecule has 1 saturated heterocycles. The third kappa shape index (κ3) is 4.30. The molecule has 2 rings (SSSR count). The summed E-state index contributed by atoms with van der Waals surface area (Å²) in [5, 5.41) is 4.31. The molecule has 1 fully saturated rings. The molecule has 0 amide bonds. The van der Waals surface area contributed by atoms with Crippen LogP contribution >= 0.6 is 0 Å². The number of unbranched alkanes of at least 4 members (excludes halogenated alkanes) is 1. The van der Waals surface area contributed by atoms with E-state index in [1.807, 2.05) is 0 Å². The van der Waals surface area contributed by atoms with Gasteiger partial charge < -0.3 is 0 Å². The molecule has 22 heavy (non-hydrogen) atoms. The summed E-state index contributed by atoms with van der Waals surface area (Å²) < 4.78 is 29.4. The van der Waals surface area contributed by atoms with E-state index in [1.54, 1.807) is 17.8 Å². The van der Waals surface area contributed by atoms with Gasteiger partial charge >= 0.3 is 0 Å². The van der Waals surface area contributed by atoms with E-state index in [1.165, 1.54) is 12.8 Å². The summed E-state index contributed by atoms with van der Waals surface area (Å²) in [7, 11) is -3.48. The zero-order chi connectivity index (χ0) is 16.2. The molecule has 6 nitrogen and oxygen atoms in total. The van der Waals surface area contributed by atoms with E-state index < -0.39 is 10.0 Å². The lowest BCUT2D eigenvalue weighted by molar-refractivity contribution is 0.260. The number of hydrogen-bond acceptors (Lipinski definition) is 4. The molecule has 1 atom stereocenters. The first-order chi connectivity index (χ1) is 10.4. The summed E-state index contributed by atoms with van der Waals surface area (Å²) in [4.78, 5) is 2.64. The first-order valence-corrected chi connectivity index (χ1v) is 9.70. The van der Waals surface area contributed by atoms with E-state index >= 15 is 0 Å². The zero-order valence-electron chi connectivity index (χ0n) is 13.9. The van der Waals surface area contributed by atoms with Crippen LogP contribution in [0.3, 0.4) is 0 Å². The lowest BCUT2D eigenvalue weighted by Gasteiger charge is -2.23. The molecule has 1 aromatic rings. The van der Waals surface area contributed by atoms with Crippen LogP contribution in [0.25, 0.3) is 0 Å². The molecule has 0 radical (unpaired) electrons. The van der Waals surface area contributed by atoms with Crippen molar-refractivity contribution in [1.82, 2.24) is 19.4 Å². The number of nitrogens with one attached hydrogen (secondary N) is 1. The van der Waals surface area contributed by atoms with Crippen molar-refractivity contribution in [3.8, 4) is 0 Å². The summed E-state index contributed by atoms with van der Waals surface area (Å²) in [5.41, 5.74) is 0.567. The highest BCUT2D eigenvalue weighted by Gasteiger charge is 2.23. The molecule has 1 aromatic heterocycles. The van der Waals surface area contributed by atoms with Gasteiger partial charge in [-0.15, -0.1) is 0 Å². The minimum Gasteiger partial charge on any atom is -0.299 e. The molecule has 1 N–H and O–H groups in total. The van der Waals surface area contributed by atoms with Crippen molar-refractivity contribution in [1.29, 1.82) is 0 Å². The third-order valence-electron chi connectivity index (χ3n) is 4.26. The number of likely N-dealkylation sites (tertiary alicyclic amines) is 1. The second-order valence-electron chi connectivity index (χ2n) is 6.14. The van der Waals surface area contributed by atoms with Crippen LogP contribution in [0.1, 0.15) is 45.2 Å². The van der Waals surface area contributed by atoms with Gasteiger partial charge in [-0.1, -0.05) is 13.3 Å². The van der Waals surface area contributed by atoms with Gasteiger partial charge in [0.25, 0.3) is 0 Å². The standard InChI is InChI=1S/C15H28N4O2S/c1-4-5-10-19-12-15(14(3)17-19)22(20,21)16-11-13(2)18-8-6-7-9-18/h12-13,16H,4-11H2,1-3H3/t13-/m0/s1. The molecule has 1 aliphatic rings. The molecule has 126 valence electrons. The Labute approximate surface area is 133 Å². The predicted octanol–water partition coefficient (Wildman–Crippen LogP) is 1.75. The fourth-order valence-corrected chi connectivity index (χ4v) is 4.12. The fraction of sp³-hybridized carbons (Fsp3) is 0.800. The third-order valence-corrected chi connectivity index (χ3v) is 5.79. The van der Waals surface area contributed by atoms with Crippen molar-refractivity contribution in [2.24, 2.45) is 0 Å². The molecule has 0 aliphatic carbocycles. The Hall–Kier alpha value is -0.920. The Morgan fingerprint density at radius 2 is 2.05 bits per heavy atom. The van der Waals surface area contributed by atoms with E-state index in [2.05, 4.69) is 28.6 Å². The summed E-state index contributed by atoms with van der Waals surface area (Å²) in [6.07, 6.45) is 6.13. The predicted molar refractivity (Wildman–Crippen MR) is 87.3 cm³/mol. The number of hydrogen-bond donors (Lipinski definition) is 1. The SMILES string of the molecule is CCCCn1cc(S(=O)(=O)NC[C@H](C)N2CCCC2)c(C)n1. The molecule has 0 bridgehead atoms. The van der Waals surface area contributed by atoms with Crippen LogP contribution in [0, 0.1) is 6.92 Å². The highest BCUT2D eigenvalue weighted by atomic mass is 32.2. The molecular weight excluding hydrogens is 300 g/mol. The Kier molecular flexibility index (Phi) is 6.00. The molecular formula is C15H28N4O2S. The lowest BCUT2D eigenvalue weighted by Crippen LogP contribution is -2.40.